The van der Waals surface area contributed by atoms with E-state index in [0.29, 0.717) is 33.9 Å². The van der Waals surface area contributed by atoms with Gasteiger partial charge in [-0.15, -0.1) is 0 Å². The molecule has 0 aliphatic rings. The van der Waals surface area contributed by atoms with Crippen LogP contribution in [-0.2, 0) is 9.53 Å². The molecule has 0 aliphatic carbocycles. The molecule has 0 fully saturated rings. The Bertz CT molecular complexity index is 1140. The van der Waals surface area contributed by atoms with Crippen LogP contribution in [-0.4, -0.2) is 25.1 Å². The van der Waals surface area contributed by atoms with Gasteiger partial charge >= 0.3 is 5.97 Å². The second-order valence-corrected chi connectivity index (χ2v) is 6.97. The maximum atomic E-state index is 12.9. The van der Waals surface area contributed by atoms with Crippen LogP contribution >= 0.6 is 0 Å². The molecule has 0 saturated heterocycles. The number of hydrogen-bond acceptors (Lipinski definition) is 6. The number of ether oxygens (including phenoxy) is 2. The van der Waals surface area contributed by atoms with Crippen molar-refractivity contribution in [1.29, 1.82) is 0 Å². The van der Waals surface area contributed by atoms with E-state index in [1.165, 1.54) is 24.3 Å². The van der Waals surface area contributed by atoms with Crippen molar-refractivity contribution in [2.45, 2.75) is 6.92 Å². The van der Waals surface area contributed by atoms with Gasteiger partial charge in [-0.05, 0) is 79.7 Å². The van der Waals surface area contributed by atoms with Crippen LogP contribution in [0.5, 0.6) is 5.75 Å². The van der Waals surface area contributed by atoms with Gasteiger partial charge in [-0.25, -0.2) is 9.18 Å². The van der Waals surface area contributed by atoms with Gasteiger partial charge in [-0.1, -0.05) is 6.58 Å². The fourth-order valence-corrected chi connectivity index (χ4v) is 2.56. The van der Waals surface area contributed by atoms with E-state index in [1.54, 1.807) is 55.5 Å². The maximum Gasteiger partial charge on any atom is 0.333 e. The predicted molar refractivity (Wildman–Crippen MR) is 123 cm³/mol. The minimum Gasteiger partial charge on any atom is -0.490 e. The topological polar surface area (TPSA) is 89.3 Å². The molecule has 3 aromatic carbocycles. The first kappa shape index (κ1) is 23.3. The Balaban J connectivity index is 1.48. The maximum absolute atomic E-state index is 12.9. The van der Waals surface area contributed by atoms with Crippen molar-refractivity contribution >= 4 is 28.9 Å². The second-order valence-electron chi connectivity index (χ2n) is 6.97. The van der Waals surface area contributed by atoms with Crippen molar-refractivity contribution in [2.75, 3.05) is 18.5 Å². The van der Waals surface area contributed by atoms with Gasteiger partial charge in [-0.3, -0.25) is 4.79 Å². The number of nitrogens with zero attached hydrogens (tertiary/aromatic N) is 2. The number of azo groups is 1. The fourth-order valence-electron chi connectivity index (χ4n) is 2.56. The number of carbonyl (C=O) groups excluding carboxylic acids is 2. The molecule has 0 aliphatic heterocycles. The van der Waals surface area contributed by atoms with E-state index >= 15 is 0 Å². The quantitative estimate of drug-likeness (QED) is 0.189. The molecular weight excluding hydrogens is 425 g/mol. The molecular formula is C25H22FN3O4. The lowest BCUT2D eigenvalue weighted by Crippen LogP contribution is -2.13. The molecule has 0 atom stereocenters. The third-order valence-electron chi connectivity index (χ3n) is 4.28. The molecule has 0 aromatic heterocycles. The van der Waals surface area contributed by atoms with Crippen molar-refractivity contribution in [3.8, 4) is 5.75 Å². The van der Waals surface area contributed by atoms with Crippen LogP contribution in [0, 0.1) is 5.82 Å². The van der Waals surface area contributed by atoms with Gasteiger partial charge < -0.3 is 14.8 Å². The Morgan fingerprint density at radius 1 is 0.879 bits per heavy atom. The van der Waals surface area contributed by atoms with Crippen LogP contribution in [0.4, 0.5) is 21.5 Å². The molecule has 1 amide bonds. The molecule has 1 N–H and O–H groups in total. The summed E-state index contributed by atoms with van der Waals surface area (Å²) >= 11 is 0. The third kappa shape index (κ3) is 7.39. The lowest BCUT2D eigenvalue weighted by Gasteiger charge is -2.09. The molecule has 0 unspecified atom stereocenters. The highest BCUT2D eigenvalue weighted by Crippen LogP contribution is 2.21. The van der Waals surface area contributed by atoms with E-state index in [-0.39, 0.29) is 24.9 Å². The number of esters is 1. The van der Waals surface area contributed by atoms with Gasteiger partial charge in [0.05, 0.1) is 11.4 Å². The van der Waals surface area contributed by atoms with Crippen LogP contribution in [0.15, 0.2) is 95.2 Å². The normalized spacial score (nSPS) is 10.6. The number of hydrogen-bond donors (Lipinski definition) is 1. The highest BCUT2D eigenvalue weighted by Gasteiger charge is 2.07. The van der Waals surface area contributed by atoms with Crippen LogP contribution < -0.4 is 10.1 Å². The average molecular weight is 447 g/mol. The molecule has 168 valence electrons. The summed E-state index contributed by atoms with van der Waals surface area (Å²) in [5.74, 6) is -0.529. The van der Waals surface area contributed by atoms with Gasteiger partial charge in [0.15, 0.2) is 0 Å². The second kappa shape index (κ2) is 11.3. The zero-order valence-corrected chi connectivity index (χ0v) is 18.0. The number of nitrogens with one attached hydrogen (secondary N) is 1. The zero-order chi connectivity index (χ0) is 23.6. The number of carbonyl (C=O) groups is 2. The molecule has 33 heavy (non-hydrogen) atoms. The Morgan fingerprint density at radius 2 is 1.45 bits per heavy atom. The van der Waals surface area contributed by atoms with Crippen molar-refractivity contribution < 1.29 is 23.5 Å². The molecule has 7 nitrogen and oxygen atoms in total. The van der Waals surface area contributed by atoms with Crippen molar-refractivity contribution in [1.82, 2.24) is 0 Å². The molecule has 0 bridgehead atoms. The van der Waals surface area contributed by atoms with Gasteiger partial charge in [0.1, 0.15) is 24.8 Å². The van der Waals surface area contributed by atoms with E-state index in [1.807, 2.05) is 0 Å². The van der Waals surface area contributed by atoms with Crippen molar-refractivity contribution in [3.05, 3.63) is 96.3 Å². The smallest absolute Gasteiger partial charge is 0.333 e. The molecule has 0 radical (unpaired) electrons. The Morgan fingerprint density at radius 3 is 2.03 bits per heavy atom. The molecule has 3 aromatic rings. The molecule has 0 heterocycles. The van der Waals surface area contributed by atoms with Gasteiger partial charge in [0.25, 0.3) is 5.91 Å². The van der Waals surface area contributed by atoms with E-state index < -0.39 is 5.97 Å². The monoisotopic (exact) mass is 447 g/mol. The van der Waals surface area contributed by atoms with Gasteiger partial charge in [-0.2, -0.15) is 10.2 Å². The minimum atomic E-state index is -0.463. The fraction of sp³-hybridized carbons (Fsp3) is 0.120. The summed E-state index contributed by atoms with van der Waals surface area (Å²) in [6.45, 7) is 5.37. The van der Waals surface area contributed by atoms with E-state index in [9.17, 15) is 14.0 Å². The highest BCUT2D eigenvalue weighted by molar-refractivity contribution is 6.04. The Kier molecular flexibility index (Phi) is 8.02. The number of anilines is 1. The zero-order valence-electron chi connectivity index (χ0n) is 18.0. The summed E-state index contributed by atoms with van der Waals surface area (Å²) in [5, 5.41) is 10.9. The van der Waals surface area contributed by atoms with E-state index in [4.69, 9.17) is 9.47 Å². The van der Waals surface area contributed by atoms with Crippen LogP contribution in [0.3, 0.4) is 0 Å². The lowest BCUT2D eigenvalue weighted by molar-refractivity contribution is -0.139. The first-order valence-electron chi connectivity index (χ1n) is 10.0. The lowest BCUT2D eigenvalue weighted by atomic mass is 10.2. The van der Waals surface area contributed by atoms with Crippen molar-refractivity contribution in [3.63, 3.8) is 0 Å². The van der Waals surface area contributed by atoms with Gasteiger partial charge in [0.2, 0.25) is 0 Å². The average Bonchev–Trinajstić information content (AvgIpc) is 2.82. The summed E-state index contributed by atoms with van der Waals surface area (Å²) in [6, 6.07) is 19.1. The van der Waals surface area contributed by atoms with Crippen molar-refractivity contribution in [2.24, 2.45) is 10.2 Å². The summed E-state index contributed by atoms with van der Waals surface area (Å²) < 4.78 is 23.4. The van der Waals surface area contributed by atoms with Crippen LogP contribution in [0.1, 0.15) is 17.3 Å². The minimum absolute atomic E-state index is 0.105. The largest absolute Gasteiger partial charge is 0.490 e. The summed E-state index contributed by atoms with van der Waals surface area (Å²) in [6.07, 6.45) is 0. The third-order valence-corrected chi connectivity index (χ3v) is 4.28. The van der Waals surface area contributed by atoms with Crippen LogP contribution in [0.25, 0.3) is 0 Å². The molecule has 8 heteroatoms. The summed E-state index contributed by atoms with van der Waals surface area (Å²) in [4.78, 5) is 23.8. The van der Waals surface area contributed by atoms with E-state index in [2.05, 4.69) is 22.1 Å². The molecule has 0 spiro atoms. The Hall–Kier alpha value is -4.33. The number of benzene rings is 3. The molecule has 3 rings (SSSR count). The highest BCUT2D eigenvalue weighted by atomic mass is 19.1. The van der Waals surface area contributed by atoms with E-state index in [0.717, 1.165) is 0 Å². The van der Waals surface area contributed by atoms with Gasteiger partial charge in [0, 0.05) is 16.8 Å². The van der Waals surface area contributed by atoms with Crippen LogP contribution in [0.2, 0.25) is 0 Å². The molecule has 0 saturated carbocycles. The number of rotatable bonds is 9. The number of amides is 1. The first-order valence-corrected chi connectivity index (χ1v) is 10.0. The first-order chi connectivity index (χ1) is 15.9. The predicted octanol–water partition coefficient (Wildman–Crippen LogP) is 5.99. The summed E-state index contributed by atoms with van der Waals surface area (Å²) in [7, 11) is 0. The Labute approximate surface area is 190 Å². The summed E-state index contributed by atoms with van der Waals surface area (Å²) in [5.41, 5.74) is 2.51. The SMILES string of the molecule is C=C(C)C(=O)OCCOc1ccc(C(=O)Nc2ccc(/N=N/c3ccc(F)cc3)cc2)cc1. The standard InChI is InChI=1S/C25H22FN3O4/c1-17(2)25(31)33-16-15-32-23-13-3-18(4-14-23)24(30)27-20-9-11-22(12-10-20)29-28-21-7-5-19(26)6-8-21/h3-14H,1,15-16H2,2H3,(H,27,30)/b29-28+. The number of halogens is 1.